The summed E-state index contributed by atoms with van der Waals surface area (Å²) >= 11 is 2.65. The van der Waals surface area contributed by atoms with Crippen LogP contribution >= 0.6 is 23.5 Å². The third-order valence-corrected chi connectivity index (χ3v) is 3.12. The SMILES string of the molecule is CSCCn1c(SCC(=O)O)n[nH]c1=O. The van der Waals surface area contributed by atoms with Crippen LogP contribution in [0.3, 0.4) is 0 Å². The van der Waals surface area contributed by atoms with Crippen molar-refractivity contribution in [3.63, 3.8) is 0 Å². The van der Waals surface area contributed by atoms with Crippen LogP contribution in [-0.2, 0) is 11.3 Å². The number of thioether (sulfide) groups is 2. The fourth-order valence-electron chi connectivity index (χ4n) is 0.919. The summed E-state index contributed by atoms with van der Waals surface area (Å²) in [6.07, 6.45) is 1.94. The summed E-state index contributed by atoms with van der Waals surface area (Å²) in [5.74, 6) is -0.226. The Morgan fingerprint density at radius 2 is 2.40 bits per heavy atom. The van der Waals surface area contributed by atoms with Crippen molar-refractivity contribution in [2.45, 2.75) is 11.7 Å². The standard InChI is InChI=1S/C7H11N3O3S2/c1-14-3-2-10-6(13)8-9-7(10)15-4-5(11)12/h2-4H2,1H3,(H,8,13)(H,11,12). The van der Waals surface area contributed by atoms with Gasteiger partial charge in [0.1, 0.15) is 0 Å². The number of nitrogens with zero attached hydrogens (tertiary/aromatic N) is 2. The van der Waals surface area contributed by atoms with Crippen molar-refractivity contribution in [3.05, 3.63) is 10.5 Å². The molecule has 2 N–H and O–H groups in total. The van der Waals surface area contributed by atoms with Crippen molar-refractivity contribution in [1.82, 2.24) is 14.8 Å². The van der Waals surface area contributed by atoms with Crippen LogP contribution in [0.25, 0.3) is 0 Å². The lowest BCUT2D eigenvalue weighted by Gasteiger charge is -2.02. The minimum absolute atomic E-state index is 0.0937. The Morgan fingerprint density at radius 3 is 3.00 bits per heavy atom. The third-order valence-electron chi connectivity index (χ3n) is 1.57. The second-order valence-electron chi connectivity index (χ2n) is 2.64. The molecule has 0 spiro atoms. The van der Waals surface area contributed by atoms with Gasteiger partial charge in [0.2, 0.25) is 0 Å². The lowest BCUT2D eigenvalue weighted by molar-refractivity contribution is -0.133. The number of carboxylic acid groups (broad SMARTS) is 1. The number of rotatable bonds is 6. The number of hydrogen-bond acceptors (Lipinski definition) is 5. The number of aromatic nitrogens is 3. The molecule has 0 amide bonds. The van der Waals surface area contributed by atoms with Gasteiger partial charge >= 0.3 is 11.7 Å². The third kappa shape index (κ3) is 3.63. The van der Waals surface area contributed by atoms with E-state index in [1.165, 1.54) is 4.57 Å². The smallest absolute Gasteiger partial charge is 0.344 e. The van der Waals surface area contributed by atoms with Crippen LogP contribution in [0.2, 0.25) is 0 Å². The number of H-pyrrole nitrogens is 1. The summed E-state index contributed by atoms with van der Waals surface area (Å²) in [6, 6.07) is 0. The van der Waals surface area contributed by atoms with Crippen LogP contribution in [0, 0.1) is 0 Å². The Kier molecular flexibility index (Phi) is 4.76. The summed E-state index contributed by atoms with van der Waals surface area (Å²) in [5.41, 5.74) is -0.295. The molecule has 1 rings (SSSR count). The van der Waals surface area contributed by atoms with E-state index < -0.39 is 5.97 Å². The summed E-state index contributed by atoms with van der Waals surface area (Å²) in [5, 5.41) is 15.0. The fraction of sp³-hybridized carbons (Fsp3) is 0.571. The Hall–Kier alpha value is -0.890. The van der Waals surface area contributed by atoms with Crippen molar-refractivity contribution in [2.24, 2.45) is 0 Å². The number of carboxylic acids is 1. The largest absolute Gasteiger partial charge is 0.481 e. The van der Waals surface area contributed by atoms with Crippen LogP contribution in [0.5, 0.6) is 0 Å². The van der Waals surface area contributed by atoms with E-state index in [9.17, 15) is 9.59 Å². The minimum atomic E-state index is -0.924. The van der Waals surface area contributed by atoms with Crippen molar-refractivity contribution >= 4 is 29.5 Å². The first kappa shape index (κ1) is 12.2. The normalized spacial score (nSPS) is 10.5. The average Bonchev–Trinajstić information content (AvgIpc) is 2.53. The fourth-order valence-corrected chi connectivity index (χ4v) is 1.98. The average molecular weight is 249 g/mol. The van der Waals surface area contributed by atoms with Gasteiger partial charge in [-0.25, -0.2) is 9.89 Å². The molecule has 84 valence electrons. The lowest BCUT2D eigenvalue weighted by atomic mass is 10.7. The molecule has 0 saturated carbocycles. The van der Waals surface area contributed by atoms with Crippen LogP contribution < -0.4 is 5.69 Å². The molecule has 6 nitrogen and oxygen atoms in total. The molecule has 1 aromatic heterocycles. The maximum absolute atomic E-state index is 11.3. The quantitative estimate of drug-likeness (QED) is 0.696. The van der Waals surface area contributed by atoms with E-state index in [1.807, 2.05) is 6.26 Å². The number of hydrogen-bond donors (Lipinski definition) is 2. The molecule has 0 aliphatic heterocycles. The Bertz CT molecular complexity index is 387. The van der Waals surface area contributed by atoms with Crippen molar-refractivity contribution < 1.29 is 9.90 Å². The monoisotopic (exact) mass is 249 g/mol. The first-order valence-corrected chi connectivity index (χ1v) is 6.52. The number of aliphatic carboxylic acids is 1. The summed E-state index contributed by atoms with van der Waals surface area (Å²) < 4.78 is 1.45. The molecule has 0 unspecified atom stereocenters. The van der Waals surface area contributed by atoms with E-state index in [-0.39, 0.29) is 11.4 Å². The van der Waals surface area contributed by atoms with Crippen LogP contribution in [0.4, 0.5) is 0 Å². The van der Waals surface area contributed by atoms with E-state index >= 15 is 0 Å². The highest BCUT2D eigenvalue weighted by atomic mass is 32.2. The predicted molar refractivity (Wildman–Crippen MR) is 59.6 cm³/mol. The lowest BCUT2D eigenvalue weighted by Crippen LogP contribution is -2.19. The first-order chi connectivity index (χ1) is 7.15. The molecule has 0 aliphatic carbocycles. The zero-order valence-electron chi connectivity index (χ0n) is 8.10. The highest BCUT2D eigenvalue weighted by molar-refractivity contribution is 7.99. The van der Waals surface area contributed by atoms with Gasteiger partial charge in [0, 0.05) is 12.3 Å². The highest BCUT2D eigenvalue weighted by Crippen LogP contribution is 2.12. The molecule has 0 fully saturated rings. The predicted octanol–water partition coefficient (Wildman–Crippen LogP) is 0.111. The van der Waals surface area contributed by atoms with Crippen LogP contribution in [-0.4, -0.2) is 43.6 Å². The Labute approximate surface area is 94.4 Å². The van der Waals surface area contributed by atoms with E-state index in [1.54, 1.807) is 11.8 Å². The molecule has 1 aromatic rings. The summed E-state index contributed by atoms with van der Waals surface area (Å²) in [6.45, 7) is 0.540. The molecule has 0 aromatic carbocycles. The van der Waals surface area contributed by atoms with Gasteiger partial charge in [-0.05, 0) is 6.26 Å². The maximum atomic E-state index is 11.3. The molecular formula is C7H11N3O3S2. The molecule has 8 heteroatoms. The molecule has 0 radical (unpaired) electrons. The number of aromatic amines is 1. The van der Waals surface area contributed by atoms with Crippen molar-refractivity contribution in [2.75, 3.05) is 17.8 Å². The van der Waals surface area contributed by atoms with Crippen molar-refractivity contribution in [1.29, 1.82) is 0 Å². The van der Waals surface area contributed by atoms with E-state index in [0.29, 0.717) is 11.7 Å². The number of nitrogens with one attached hydrogen (secondary N) is 1. The highest BCUT2D eigenvalue weighted by Gasteiger charge is 2.09. The van der Waals surface area contributed by atoms with Crippen LogP contribution in [0.1, 0.15) is 0 Å². The van der Waals surface area contributed by atoms with E-state index in [2.05, 4.69) is 10.2 Å². The molecule has 15 heavy (non-hydrogen) atoms. The van der Waals surface area contributed by atoms with Crippen LogP contribution in [0.15, 0.2) is 9.95 Å². The molecular weight excluding hydrogens is 238 g/mol. The second-order valence-corrected chi connectivity index (χ2v) is 4.57. The maximum Gasteiger partial charge on any atom is 0.344 e. The van der Waals surface area contributed by atoms with Gasteiger partial charge in [-0.1, -0.05) is 11.8 Å². The molecule has 1 heterocycles. The first-order valence-electron chi connectivity index (χ1n) is 4.14. The van der Waals surface area contributed by atoms with Gasteiger partial charge in [0.05, 0.1) is 5.75 Å². The second kappa shape index (κ2) is 5.86. The van der Waals surface area contributed by atoms with Crippen molar-refractivity contribution in [3.8, 4) is 0 Å². The molecule has 0 saturated heterocycles. The number of carbonyl (C=O) groups is 1. The van der Waals surface area contributed by atoms with Gasteiger partial charge in [-0.15, -0.1) is 5.10 Å². The van der Waals surface area contributed by atoms with E-state index in [0.717, 1.165) is 17.5 Å². The van der Waals surface area contributed by atoms with Gasteiger partial charge in [-0.3, -0.25) is 9.36 Å². The summed E-state index contributed by atoms with van der Waals surface area (Å²) in [7, 11) is 0. The Morgan fingerprint density at radius 1 is 1.67 bits per heavy atom. The molecule has 0 atom stereocenters. The zero-order chi connectivity index (χ0) is 11.3. The van der Waals surface area contributed by atoms with Gasteiger partial charge < -0.3 is 5.11 Å². The topological polar surface area (TPSA) is 88.0 Å². The van der Waals surface area contributed by atoms with Gasteiger partial charge in [0.25, 0.3) is 0 Å². The zero-order valence-corrected chi connectivity index (χ0v) is 9.73. The molecule has 0 bridgehead atoms. The minimum Gasteiger partial charge on any atom is -0.481 e. The van der Waals surface area contributed by atoms with E-state index in [4.69, 9.17) is 5.11 Å². The molecule has 0 aliphatic rings. The van der Waals surface area contributed by atoms with Gasteiger partial charge in [0.15, 0.2) is 5.16 Å². The Balaban J connectivity index is 2.70. The summed E-state index contributed by atoms with van der Waals surface area (Å²) in [4.78, 5) is 21.6. The van der Waals surface area contributed by atoms with Gasteiger partial charge in [-0.2, -0.15) is 11.8 Å².